The van der Waals surface area contributed by atoms with Crippen molar-refractivity contribution >= 4 is 11.8 Å². The third-order valence-electron chi connectivity index (χ3n) is 7.28. The number of hydrogen-bond donors (Lipinski definition) is 0. The van der Waals surface area contributed by atoms with Crippen molar-refractivity contribution in [3.8, 4) is 11.5 Å². The van der Waals surface area contributed by atoms with Gasteiger partial charge in [-0.2, -0.15) is 0 Å². The topological polar surface area (TPSA) is 84.7 Å². The van der Waals surface area contributed by atoms with Gasteiger partial charge in [-0.05, 0) is 61.7 Å². The molecule has 1 aromatic heterocycles. The normalized spacial score (nSPS) is 13.5. The molecule has 3 aromatic rings. The molecule has 41 heavy (non-hydrogen) atoms. The third-order valence-corrected chi connectivity index (χ3v) is 7.28. The van der Waals surface area contributed by atoms with Crippen molar-refractivity contribution in [2.45, 2.75) is 26.3 Å². The highest BCUT2D eigenvalue weighted by Gasteiger charge is 2.24. The van der Waals surface area contributed by atoms with Crippen molar-refractivity contribution in [3.63, 3.8) is 0 Å². The Balaban J connectivity index is 1.48. The zero-order chi connectivity index (χ0) is 29.0. The van der Waals surface area contributed by atoms with Crippen molar-refractivity contribution in [2.24, 2.45) is 0 Å². The number of hydrogen-bond acceptors (Lipinski definition) is 7. The average Bonchev–Trinajstić information content (AvgIpc) is 3.52. The van der Waals surface area contributed by atoms with Crippen LogP contribution in [0.15, 0.2) is 65.3 Å². The first-order valence-electron chi connectivity index (χ1n) is 14.1. The standard InChI is InChI=1S/C32H41N3O6/c1-25-7-4-8-27(21-25)32(37)35(14-6-13-33-16-19-40-20-17-33)24-31(36)34(23-28-9-5-18-41-28)15-12-26-10-11-29(38-2)30(22-26)39-3/h4-5,7-11,18,21-22H,6,12-17,19-20,23-24H2,1-3H3. The van der Waals surface area contributed by atoms with Crippen LogP contribution in [-0.4, -0.2) is 93.2 Å². The number of rotatable bonds is 14. The predicted molar refractivity (Wildman–Crippen MR) is 156 cm³/mol. The fourth-order valence-corrected chi connectivity index (χ4v) is 4.97. The monoisotopic (exact) mass is 563 g/mol. The zero-order valence-electron chi connectivity index (χ0n) is 24.3. The van der Waals surface area contributed by atoms with Crippen LogP contribution in [-0.2, 0) is 22.5 Å². The van der Waals surface area contributed by atoms with Gasteiger partial charge in [-0.1, -0.05) is 23.8 Å². The summed E-state index contributed by atoms with van der Waals surface area (Å²) in [5.41, 5.74) is 2.61. The Kier molecular flexibility index (Phi) is 11.2. The largest absolute Gasteiger partial charge is 0.493 e. The lowest BCUT2D eigenvalue weighted by Crippen LogP contribution is -2.44. The maximum absolute atomic E-state index is 13.8. The molecule has 9 heteroatoms. The Morgan fingerprint density at radius 1 is 0.927 bits per heavy atom. The Morgan fingerprint density at radius 3 is 2.44 bits per heavy atom. The van der Waals surface area contributed by atoms with Crippen LogP contribution in [0.4, 0.5) is 0 Å². The molecule has 0 radical (unpaired) electrons. The maximum atomic E-state index is 13.8. The maximum Gasteiger partial charge on any atom is 0.254 e. The van der Waals surface area contributed by atoms with E-state index >= 15 is 0 Å². The van der Waals surface area contributed by atoms with Gasteiger partial charge >= 0.3 is 0 Å². The molecule has 220 valence electrons. The van der Waals surface area contributed by atoms with Crippen molar-refractivity contribution in [2.75, 3.05) is 66.7 Å². The number of ether oxygens (including phenoxy) is 3. The summed E-state index contributed by atoms with van der Waals surface area (Å²) in [7, 11) is 3.21. The van der Waals surface area contributed by atoms with Gasteiger partial charge in [-0.3, -0.25) is 14.5 Å². The first-order chi connectivity index (χ1) is 20.0. The molecule has 9 nitrogen and oxygen atoms in total. The van der Waals surface area contributed by atoms with E-state index in [1.807, 2.05) is 61.5 Å². The summed E-state index contributed by atoms with van der Waals surface area (Å²) in [6.45, 7) is 7.29. The number of methoxy groups -OCH3 is 2. The molecule has 0 saturated carbocycles. The van der Waals surface area contributed by atoms with E-state index in [0.717, 1.165) is 50.4 Å². The second-order valence-electron chi connectivity index (χ2n) is 10.2. The third kappa shape index (κ3) is 8.83. The summed E-state index contributed by atoms with van der Waals surface area (Å²) in [6.07, 6.45) is 2.98. The first-order valence-corrected chi connectivity index (χ1v) is 14.1. The number of aryl methyl sites for hydroxylation is 1. The lowest BCUT2D eigenvalue weighted by molar-refractivity contribution is -0.132. The number of carbonyl (C=O) groups is 2. The van der Waals surface area contributed by atoms with E-state index in [1.165, 1.54) is 0 Å². The van der Waals surface area contributed by atoms with Crippen LogP contribution in [0, 0.1) is 6.92 Å². The summed E-state index contributed by atoms with van der Waals surface area (Å²) < 4.78 is 21.8. The van der Waals surface area contributed by atoms with Gasteiger partial charge < -0.3 is 28.4 Å². The van der Waals surface area contributed by atoms with E-state index in [-0.39, 0.29) is 18.4 Å². The Hall–Kier alpha value is -3.82. The molecule has 1 aliphatic heterocycles. The smallest absolute Gasteiger partial charge is 0.254 e. The molecule has 1 saturated heterocycles. The van der Waals surface area contributed by atoms with Crippen LogP contribution in [0.25, 0.3) is 0 Å². The summed E-state index contributed by atoms with van der Waals surface area (Å²) in [5, 5.41) is 0. The fourth-order valence-electron chi connectivity index (χ4n) is 4.97. The average molecular weight is 564 g/mol. The van der Waals surface area contributed by atoms with Gasteiger partial charge in [-0.25, -0.2) is 0 Å². The number of nitrogens with zero attached hydrogens (tertiary/aromatic N) is 3. The van der Waals surface area contributed by atoms with Crippen LogP contribution in [0.3, 0.4) is 0 Å². The lowest BCUT2D eigenvalue weighted by atomic mass is 10.1. The molecule has 2 heterocycles. The fraction of sp³-hybridized carbons (Fsp3) is 0.438. The minimum absolute atomic E-state index is 0.0114. The highest BCUT2D eigenvalue weighted by molar-refractivity contribution is 5.96. The second-order valence-corrected chi connectivity index (χ2v) is 10.2. The lowest BCUT2D eigenvalue weighted by Gasteiger charge is -2.30. The van der Waals surface area contributed by atoms with Gasteiger partial charge in [0.2, 0.25) is 5.91 Å². The molecule has 1 fully saturated rings. The van der Waals surface area contributed by atoms with Crippen molar-refractivity contribution < 1.29 is 28.2 Å². The molecule has 4 rings (SSSR count). The Morgan fingerprint density at radius 2 is 1.73 bits per heavy atom. The van der Waals surface area contributed by atoms with Gasteiger partial charge in [0.1, 0.15) is 12.3 Å². The van der Waals surface area contributed by atoms with Gasteiger partial charge in [0.15, 0.2) is 11.5 Å². The molecule has 0 N–H and O–H groups in total. The number of morpholine rings is 1. The van der Waals surface area contributed by atoms with Gasteiger partial charge in [0, 0.05) is 38.3 Å². The molecule has 0 spiro atoms. The highest BCUT2D eigenvalue weighted by Crippen LogP contribution is 2.28. The van der Waals surface area contributed by atoms with Crippen LogP contribution < -0.4 is 9.47 Å². The van der Waals surface area contributed by atoms with Crippen LogP contribution in [0.1, 0.15) is 33.7 Å². The van der Waals surface area contributed by atoms with E-state index in [2.05, 4.69) is 4.90 Å². The van der Waals surface area contributed by atoms with Gasteiger partial charge in [0.05, 0.1) is 40.2 Å². The number of amides is 2. The van der Waals surface area contributed by atoms with Crippen LogP contribution in [0.5, 0.6) is 11.5 Å². The van der Waals surface area contributed by atoms with E-state index in [9.17, 15) is 9.59 Å². The predicted octanol–water partition coefficient (Wildman–Crippen LogP) is 4.04. The quantitative estimate of drug-likeness (QED) is 0.293. The minimum atomic E-state index is -0.137. The van der Waals surface area contributed by atoms with E-state index in [1.54, 1.807) is 30.3 Å². The molecule has 2 aromatic carbocycles. The van der Waals surface area contributed by atoms with Gasteiger partial charge in [0.25, 0.3) is 5.91 Å². The Bertz CT molecular complexity index is 1260. The number of benzene rings is 2. The molecular formula is C32H41N3O6. The molecule has 0 bridgehead atoms. The molecule has 0 unspecified atom stereocenters. The first kappa shape index (κ1) is 30.1. The summed E-state index contributed by atoms with van der Waals surface area (Å²) in [5.74, 6) is 1.72. The molecule has 0 aliphatic carbocycles. The van der Waals surface area contributed by atoms with E-state index in [4.69, 9.17) is 18.6 Å². The summed E-state index contributed by atoms with van der Waals surface area (Å²) in [4.78, 5) is 33.2. The Labute approximate surface area is 242 Å². The SMILES string of the molecule is COc1ccc(CCN(Cc2ccco2)C(=O)CN(CCCN2CCOCC2)C(=O)c2cccc(C)c2)cc1OC. The van der Waals surface area contributed by atoms with Crippen molar-refractivity contribution in [3.05, 3.63) is 83.3 Å². The minimum Gasteiger partial charge on any atom is -0.493 e. The molecule has 1 aliphatic rings. The van der Waals surface area contributed by atoms with Crippen LogP contribution in [0.2, 0.25) is 0 Å². The van der Waals surface area contributed by atoms with Crippen molar-refractivity contribution in [1.29, 1.82) is 0 Å². The second kappa shape index (κ2) is 15.3. The molecular weight excluding hydrogens is 522 g/mol. The summed E-state index contributed by atoms with van der Waals surface area (Å²) >= 11 is 0. The number of furan rings is 1. The van der Waals surface area contributed by atoms with Crippen molar-refractivity contribution in [1.82, 2.24) is 14.7 Å². The van der Waals surface area contributed by atoms with E-state index in [0.29, 0.717) is 48.9 Å². The highest BCUT2D eigenvalue weighted by atomic mass is 16.5. The number of carbonyl (C=O) groups excluding carboxylic acids is 2. The van der Waals surface area contributed by atoms with Crippen LogP contribution >= 0.6 is 0 Å². The zero-order valence-corrected chi connectivity index (χ0v) is 24.3. The van der Waals surface area contributed by atoms with E-state index < -0.39 is 0 Å². The molecule has 0 atom stereocenters. The summed E-state index contributed by atoms with van der Waals surface area (Å²) in [6, 6.07) is 17.0. The van der Waals surface area contributed by atoms with Gasteiger partial charge in [-0.15, -0.1) is 0 Å². The molecule has 2 amide bonds.